The van der Waals surface area contributed by atoms with E-state index in [-0.39, 0.29) is 10.7 Å². The number of fused-ring (bicyclic) bond motifs is 1. The van der Waals surface area contributed by atoms with E-state index in [2.05, 4.69) is 14.7 Å². The summed E-state index contributed by atoms with van der Waals surface area (Å²) in [5.74, 6) is -0.0386. The number of sulfonamides is 1. The Hall–Kier alpha value is -2.67. The smallest absolute Gasteiger partial charge is 0.265 e. The lowest BCUT2D eigenvalue weighted by Crippen LogP contribution is -2.15. The molecular weight excluding hydrogens is 288 g/mol. The minimum absolute atomic E-state index is 0.0386. The predicted octanol–water partition coefficient (Wildman–Crippen LogP) is 2.01. The molecule has 0 aliphatic carbocycles. The van der Waals surface area contributed by atoms with Crippen LogP contribution in [0.1, 0.15) is 0 Å². The van der Waals surface area contributed by atoms with Crippen LogP contribution in [0.2, 0.25) is 0 Å². The summed E-state index contributed by atoms with van der Waals surface area (Å²) in [7, 11) is -3.80. The van der Waals surface area contributed by atoms with Gasteiger partial charge in [0.2, 0.25) is 0 Å². The van der Waals surface area contributed by atoms with Crippen molar-refractivity contribution in [2.45, 2.75) is 4.90 Å². The molecule has 2 heterocycles. The number of rotatable bonds is 3. The first-order chi connectivity index (χ1) is 10.1. The highest BCUT2D eigenvalue weighted by Crippen LogP contribution is 2.25. The lowest BCUT2D eigenvalue weighted by Gasteiger charge is -2.11. The zero-order valence-corrected chi connectivity index (χ0v) is 11.7. The van der Waals surface area contributed by atoms with Crippen LogP contribution >= 0.6 is 0 Å². The monoisotopic (exact) mass is 300 g/mol. The van der Waals surface area contributed by atoms with Gasteiger partial charge in [-0.2, -0.15) is 0 Å². The fourth-order valence-electron chi connectivity index (χ4n) is 2.02. The third kappa shape index (κ3) is 2.50. The van der Waals surface area contributed by atoms with Gasteiger partial charge in [-0.3, -0.25) is 9.71 Å². The molecule has 106 valence electrons. The van der Waals surface area contributed by atoms with Gasteiger partial charge >= 0.3 is 0 Å². The van der Waals surface area contributed by atoms with Crippen LogP contribution in [0.15, 0.2) is 59.8 Å². The van der Waals surface area contributed by atoms with Crippen LogP contribution in [-0.4, -0.2) is 18.4 Å². The summed E-state index contributed by atoms with van der Waals surface area (Å²) in [6.07, 6.45) is 3.09. The summed E-state index contributed by atoms with van der Waals surface area (Å²) < 4.78 is 27.4. The Bertz CT molecular complexity index is 904. The Morgan fingerprint density at radius 1 is 0.952 bits per heavy atom. The van der Waals surface area contributed by atoms with Crippen LogP contribution in [-0.2, 0) is 10.0 Å². The van der Waals surface area contributed by atoms with E-state index in [4.69, 9.17) is 5.73 Å². The normalized spacial score (nSPS) is 11.4. The molecule has 2 aromatic heterocycles. The average Bonchev–Trinajstić information content (AvgIpc) is 2.47. The second-order valence-corrected chi connectivity index (χ2v) is 6.02. The average molecular weight is 300 g/mol. The number of aromatic nitrogens is 2. The van der Waals surface area contributed by atoms with E-state index in [1.165, 1.54) is 18.3 Å². The Morgan fingerprint density at radius 3 is 2.52 bits per heavy atom. The Morgan fingerprint density at radius 2 is 1.71 bits per heavy atom. The molecule has 3 N–H and O–H groups in total. The van der Waals surface area contributed by atoms with E-state index in [1.807, 2.05) is 6.07 Å². The van der Waals surface area contributed by atoms with Gasteiger partial charge in [0.1, 0.15) is 10.7 Å². The molecule has 0 spiro atoms. The maximum Gasteiger partial charge on any atom is 0.265 e. The van der Waals surface area contributed by atoms with Crippen molar-refractivity contribution in [3.8, 4) is 0 Å². The molecule has 0 aliphatic rings. The second-order valence-electron chi connectivity index (χ2n) is 4.37. The van der Waals surface area contributed by atoms with Crippen molar-refractivity contribution < 1.29 is 8.42 Å². The molecule has 21 heavy (non-hydrogen) atoms. The lowest BCUT2D eigenvalue weighted by molar-refractivity contribution is 0.601. The summed E-state index contributed by atoms with van der Waals surface area (Å²) in [6.45, 7) is 0. The van der Waals surface area contributed by atoms with E-state index in [0.29, 0.717) is 16.6 Å². The molecule has 0 amide bonds. The molecule has 3 rings (SSSR count). The number of pyridine rings is 2. The highest BCUT2D eigenvalue weighted by Gasteiger charge is 2.18. The lowest BCUT2D eigenvalue weighted by atomic mass is 10.2. The minimum atomic E-state index is -3.80. The topological polar surface area (TPSA) is 98.0 Å². The van der Waals surface area contributed by atoms with Crippen molar-refractivity contribution in [3.05, 3.63) is 54.9 Å². The molecule has 7 heteroatoms. The zero-order chi connectivity index (χ0) is 14.9. The molecule has 0 bridgehead atoms. The highest BCUT2D eigenvalue weighted by molar-refractivity contribution is 7.92. The van der Waals surface area contributed by atoms with E-state index >= 15 is 0 Å². The van der Waals surface area contributed by atoms with Gasteiger partial charge in [-0.1, -0.05) is 6.07 Å². The number of anilines is 2. The van der Waals surface area contributed by atoms with Gasteiger partial charge < -0.3 is 5.73 Å². The molecule has 0 unspecified atom stereocenters. The number of nitrogens with two attached hydrogens (primary N) is 1. The van der Waals surface area contributed by atoms with Crippen LogP contribution < -0.4 is 10.5 Å². The van der Waals surface area contributed by atoms with Gasteiger partial charge in [0, 0.05) is 17.8 Å². The standard InChI is InChI=1S/C14H12N4O2S/c15-14-13(7-3-9-17-14)21(19,20)18-12-6-1-5-11-10(12)4-2-8-16-11/h1-9,18H,(H2,15,17). The van der Waals surface area contributed by atoms with Crippen molar-refractivity contribution in [2.24, 2.45) is 0 Å². The molecule has 0 aliphatic heterocycles. The molecule has 0 saturated heterocycles. The fraction of sp³-hybridized carbons (Fsp3) is 0. The minimum Gasteiger partial charge on any atom is -0.383 e. The summed E-state index contributed by atoms with van der Waals surface area (Å²) in [5, 5.41) is 0.714. The number of nitrogens with one attached hydrogen (secondary N) is 1. The van der Waals surface area contributed by atoms with Crippen LogP contribution in [0.25, 0.3) is 10.9 Å². The Labute approximate surface area is 121 Å². The van der Waals surface area contributed by atoms with Crippen LogP contribution in [0, 0.1) is 0 Å². The molecule has 3 aromatic rings. The third-order valence-electron chi connectivity index (χ3n) is 2.98. The quantitative estimate of drug-likeness (QED) is 0.771. The maximum absolute atomic E-state index is 12.4. The Balaban J connectivity index is 2.08. The van der Waals surface area contributed by atoms with Gasteiger partial charge in [0.25, 0.3) is 10.0 Å². The third-order valence-corrected chi connectivity index (χ3v) is 4.39. The number of benzene rings is 1. The van der Waals surface area contributed by atoms with E-state index < -0.39 is 10.0 Å². The molecular formula is C14H12N4O2S. The first-order valence-corrected chi connectivity index (χ1v) is 7.63. The number of hydrogen-bond donors (Lipinski definition) is 2. The van der Waals surface area contributed by atoms with Gasteiger partial charge in [0.05, 0.1) is 11.2 Å². The van der Waals surface area contributed by atoms with E-state index in [0.717, 1.165) is 0 Å². The second kappa shape index (κ2) is 5.02. The van der Waals surface area contributed by atoms with Crippen LogP contribution in [0.5, 0.6) is 0 Å². The number of nitrogen functional groups attached to an aromatic ring is 1. The molecule has 0 saturated carbocycles. The van der Waals surface area contributed by atoms with E-state index in [9.17, 15) is 8.42 Å². The van der Waals surface area contributed by atoms with Crippen molar-refractivity contribution in [3.63, 3.8) is 0 Å². The molecule has 6 nitrogen and oxygen atoms in total. The fourth-order valence-corrected chi connectivity index (χ4v) is 3.19. The molecule has 0 atom stereocenters. The van der Waals surface area contributed by atoms with Crippen LogP contribution in [0.4, 0.5) is 11.5 Å². The van der Waals surface area contributed by atoms with Crippen molar-refractivity contribution in [1.82, 2.24) is 9.97 Å². The summed E-state index contributed by atoms with van der Waals surface area (Å²) in [5.41, 5.74) is 6.78. The summed E-state index contributed by atoms with van der Waals surface area (Å²) >= 11 is 0. The van der Waals surface area contributed by atoms with E-state index in [1.54, 1.807) is 30.5 Å². The molecule has 0 fully saturated rings. The molecule has 0 radical (unpaired) electrons. The number of nitrogens with zero attached hydrogens (tertiary/aromatic N) is 2. The van der Waals surface area contributed by atoms with Crippen molar-refractivity contribution >= 4 is 32.4 Å². The van der Waals surface area contributed by atoms with Gasteiger partial charge in [0.15, 0.2) is 0 Å². The highest BCUT2D eigenvalue weighted by atomic mass is 32.2. The van der Waals surface area contributed by atoms with Crippen molar-refractivity contribution in [1.29, 1.82) is 0 Å². The SMILES string of the molecule is Nc1ncccc1S(=O)(=O)Nc1cccc2ncccc12. The summed E-state index contributed by atoms with van der Waals surface area (Å²) in [6, 6.07) is 11.7. The van der Waals surface area contributed by atoms with Gasteiger partial charge in [-0.15, -0.1) is 0 Å². The summed E-state index contributed by atoms with van der Waals surface area (Å²) in [4.78, 5) is 7.94. The van der Waals surface area contributed by atoms with Gasteiger partial charge in [-0.05, 0) is 36.4 Å². The number of hydrogen-bond acceptors (Lipinski definition) is 5. The van der Waals surface area contributed by atoms with Crippen LogP contribution in [0.3, 0.4) is 0 Å². The first kappa shape index (κ1) is 13.3. The zero-order valence-electron chi connectivity index (χ0n) is 10.9. The molecule has 1 aromatic carbocycles. The Kier molecular flexibility index (Phi) is 3.19. The predicted molar refractivity (Wildman–Crippen MR) is 81.2 cm³/mol. The maximum atomic E-state index is 12.4. The van der Waals surface area contributed by atoms with Gasteiger partial charge in [-0.25, -0.2) is 13.4 Å². The first-order valence-electron chi connectivity index (χ1n) is 6.15. The largest absolute Gasteiger partial charge is 0.383 e. The van der Waals surface area contributed by atoms with Crippen molar-refractivity contribution in [2.75, 3.05) is 10.5 Å².